The van der Waals surface area contributed by atoms with Crippen LogP contribution < -0.4 is 0 Å². The van der Waals surface area contributed by atoms with Gasteiger partial charge in [-0.3, -0.25) is 0 Å². The topological polar surface area (TPSA) is 9.23 Å². The van der Waals surface area contributed by atoms with Crippen LogP contribution in [0.3, 0.4) is 0 Å². The van der Waals surface area contributed by atoms with E-state index in [1.807, 2.05) is 0 Å². The van der Waals surface area contributed by atoms with Gasteiger partial charge in [-0.15, -0.1) is 0 Å². The highest BCUT2D eigenvalue weighted by atomic mass is 16.5. The molecule has 2 aliphatic rings. The summed E-state index contributed by atoms with van der Waals surface area (Å²) in [6.45, 7) is 3.98. The van der Waals surface area contributed by atoms with Crippen LogP contribution in [0.25, 0.3) is 0 Å². The van der Waals surface area contributed by atoms with Crippen molar-refractivity contribution < 1.29 is 4.74 Å². The van der Waals surface area contributed by atoms with Gasteiger partial charge in [0, 0.05) is 13.2 Å². The van der Waals surface area contributed by atoms with Gasteiger partial charge in [0.2, 0.25) is 0 Å². The van der Waals surface area contributed by atoms with Crippen LogP contribution in [-0.4, -0.2) is 13.2 Å². The molecular formula is C11H20O. The van der Waals surface area contributed by atoms with Crippen LogP contribution in [0.2, 0.25) is 0 Å². The van der Waals surface area contributed by atoms with Crippen molar-refractivity contribution in [2.24, 2.45) is 17.8 Å². The van der Waals surface area contributed by atoms with Crippen molar-refractivity contribution in [1.29, 1.82) is 0 Å². The van der Waals surface area contributed by atoms with Gasteiger partial charge < -0.3 is 4.74 Å². The maximum Gasteiger partial charge on any atom is 0.0468 e. The summed E-state index contributed by atoms with van der Waals surface area (Å²) in [4.78, 5) is 0. The number of ether oxygens (including phenoxy) is 1. The quantitative estimate of drug-likeness (QED) is 0.586. The van der Waals surface area contributed by atoms with E-state index in [1.54, 1.807) is 0 Å². The molecule has 1 nitrogen and oxygen atoms in total. The normalized spacial score (nSPS) is 39.2. The molecule has 2 fully saturated rings. The van der Waals surface area contributed by atoms with Gasteiger partial charge in [0.25, 0.3) is 0 Å². The van der Waals surface area contributed by atoms with Crippen LogP contribution in [-0.2, 0) is 4.74 Å². The van der Waals surface area contributed by atoms with Gasteiger partial charge in [-0.05, 0) is 50.4 Å². The van der Waals surface area contributed by atoms with E-state index in [2.05, 4.69) is 6.92 Å². The van der Waals surface area contributed by atoms with Crippen LogP contribution in [0.5, 0.6) is 0 Å². The predicted molar refractivity (Wildman–Crippen MR) is 50.0 cm³/mol. The van der Waals surface area contributed by atoms with Crippen molar-refractivity contribution in [3.05, 3.63) is 0 Å². The van der Waals surface area contributed by atoms with E-state index in [-0.39, 0.29) is 0 Å². The van der Waals surface area contributed by atoms with Gasteiger partial charge in [0.15, 0.2) is 0 Å². The second-order valence-corrected chi connectivity index (χ2v) is 4.42. The Labute approximate surface area is 75.5 Å². The van der Waals surface area contributed by atoms with E-state index in [1.165, 1.54) is 32.1 Å². The Hall–Kier alpha value is -0.0400. The molecule has 0 saturated heterocycles. The van der Waals surface area contributed by atoms with Crippen molar-refractivity contribution in [3.63, 3.8) is 0 Å². The first-order chi connectivity index (χ1) is 5.90. The predicted octanol–water partition coefficient (Wildman–Crippen LogP) is 2.85. The smallest absolute Gasteiger partial charge is 0.0468 e. The zero-order chi connectivity index (χ0) is 8.39. The lowest BCUT2D eigenvalue weighted by atomic mass is 9.87. The van der Waals surface area contributed by atoms with Crippen LogP contribution in [0, 0.1) is 17.8 Å². The SMILES string of the molecule is CCOCCC1CC2CCC1C2. The molecule has 3 unspecified atom stereocenters. The Morgan fingerprint density at radius 3 is 2.75 bits per heavy atom. The fraction of sp³-hybridized carbons (Fsp3) is 1.00. The average Bonchev–Trinajstić information content (AvgIpc) is 2.65. The third-order valence-corrected chi connectivity index (χ3v) is 3.72. The Morgan fingerprint density at radius 1 is 1.25 bits per heavy atom. The molecule has 0 aromatic carbocycles. The molecule has 2 aliphatic carbocycles. The fourth-order valence-electron chi connectivity index (χ4n) is 3.11. The maximum atomic E-state index is 5.40. The minimum Gasteiger partial charge on any atom is -0.382 e. The molecule has 3 atom stereocenters. The minimum atomic E-state index is 0.890. The second-order valence-electron chi connectivity index (χ2n) is 4.42. The van der Waals surface area contributed by atoms with Gasteiger partial charge in [0.05, 0.1) is 0 Å². The van der Waals surface area contributed by atoms with Crippen LogP contribution in [0.15, 0.2) is 0 Å². The summed E-state index contributed by atoms with van der Waals surface area (Å²) in [7, 11) is 0. The summed E-state index contributed by atoms with van der Waals surface area (Å²) in [5.41, 5.74) is 0. The van der Waals surface area contributed by atoms with Crippen LogP contribution in [0.1, 0.15) is 39.0 Å². The maximum absolute atomic E-state index is 5.40. The molecular weight excluding hydrogens is 148 g/mol. The lowest BCUT2D eigenvalue weighted by molar-refractivity contribution is 0.121. The number of hydrogen-bond acceptors (Lipinski definition) is 1. The lowest BCUT2D eigenvalue weighted by Crippen LogP contribution is -2.12. The molecule has 0 radical (unpaired) electrons. The molecule has 70 valence electrons. The van der Waals surface area contributed by atoms with Gasteiger partial charge in [-0.25, -0.2) is 0 Å². The van der Waals surface area contributed by atoms with E-state index in [9.17, 15) is 0 Å². The highest BCUT2D eigenvalue weighted by Crippen LogP contribution is 2.49. The van der Waals surface area contributed by atoms with E-state index in [0.29, 0.717) is 0 Å². The average molecular weight is 168 g/mol. The summed E-state index contributed by atoms with van der Waals surface area (Å²) in [6, 6.07) is 0. The minimum absolute atomic E-state index is 0.890. The third kappa shape index (κ3) is 1.66. The first-order valence-electron chi connectivity index (χ1n) is 5.48. The monoisotopic (exact) mass is 168 g/mol. The van der Waals surface area contributed by atoms with Gasteiger partial charge in [0.1, 0.15) is 0 Å². The third-order valence-electron chi connectivity index (χ3n) is 3.72. The summed E-state index contributed by atoms with van der Waals surface area (Å²) >= 11 is 0. The highest BCUT2D eigenvalue weighted by molar-refractivity contribution is 4.89. The van der Waals surface area contributed by atoms with Crippen LogP contribution in [0.4, 0.5) is 0 Å². The Balaban J connectivity index is 1.69. The molecule has 1 heteroatoms. The van der Waals surface area contributed by atoms with Crippen molar-refractivity contribution in [1.82, 2.24) is 0 Å². The molecule has 0 aliphatic heterocycles. The van der Waals surface area contributed by atoms with Crippen molar-refractivity contribution in [3.8, 4) is 0 Å². The van der Waals surface area contributed by atoms with E-state index >= 15 is 0 Å². The van der Waals surface area contributed by atoms with E-state index < -0.39 is 0 Å². The van der Waals surface area contributed by atoms with E-state index in [4.69, 9.17) is 4.74 Å². The number of hydrogen-bond donors (Lipinski definition) is 0. The highest BCUT2D eigenvalue weighted by Gasteiger charge is 2.38. The summed E-state index contributed by atoms with van der Waals surface area (Å²) in [6.07, 6.45) is 7.42. The van der Waals surface area contributed by atoms with Crippen molar-refractivity contribution in [2.45, 2.75) is 39.0 Å². The molecule has 0 heterocycles. The first kappa shape index (κ1) is 8.55. The largest absolute Gasteiger partial charge is 0.382 e. The molecule has 2 saturated carbocycles. The molecule has 12 heavy (non-hydrogen) atoms. The zero-order valence-electron chi connectivity index (χ0n) is 8.09. The number of fused-ring (bicyclic) bond motifs is 2. The Kier molecular flexibility index (Phi) is 2.69. The van der Waals surface area contributed by atoms with Gasteiger partial charge in [-0.2, -0.15) is 0 Å². The molecule has 0 amide bonds. The second kappa shape index (κ2) is 3.78. The Bertz CT molecular complexity index is 144. The molecule has 2 rings (SSSR count). The molecule has 0 aromatic heterocycles. The Morgan fingerprint density at radius 2 is 2.17 bits per heavy atom. The van der Waals surface area contributed by atoms with Crippen LogP contribution >= 0.6 is 0 Å². The van der Waals surface area contributed by atoms with E-state index in [0.717, 1.165) is 31.0 Å². The van der Waals surface area contributed by atoms with Gasteiger partial charge in [-0.1, -0.05) is 6.42 Å². The molecule has 0 aromatic rings. The summed E-state index contributed by atoms with van der Waals surface area (Å²) in [5, 5.41) is 0. The number of rotatable bonds is 4. The lowest BCUT2D eigenvalue weighted by Gasteiger charge is -2.20. The fourth-order valence-corrected chi connectivity index (χ4v) is 3.11. The molecule has 0 spiro atoms. The standard InChI is InChI=1S/C11H20O/c1-2-12-6-5-11-8-9-3-4-10(11)7-9/h9-11H,2-8H2,1H3. The first-order valence-corrected chi connectivity index (χ1v) is 5.48. The summed E-state index contributed by atoms with van der Waals surface area (Å²) in [5.74, 6) is 3.20. The van der Waals surface area contributed by atoms with Crippen molar-refractivity contribution in [2.75, 3.05) is 13.2 Å². The molecule has 2 bridgehead atoms. The zero-order valence-corrected chi connectivity index (χ0v) is 8.09. The van der Waals surface area contributed by atoms with Crippen molar-refractivity contribution >= 4 is 0 Å². The van der Waals surface area contributed by atoms with Gasteiger partial charge >= 0.3 is 0 Å². The summed E-state index contributed by atoms with van der Waals surface area (Å²) < 4.78 is 5.40. The molecule has 0 N–H and O–H groups in total.